The van der Waals surface area contributed by atoms with Crippen molar-refractivity contribution in [1.82, 2.24) is 4.57 Å². The highest BCUT2D eigenvalue weighted by Crippen LogP contribution is 2.32. The Morgan fingerprint density at radius 3 is 2.92 bits per heavy atom. The largest absolute Gasteiger partial charge is 0.457 e. The van der Waals surface area contributed by atoms with Crippen molar-refractivity contribution in [3.8, 4) is 11.3 Å². The first-order valence-electron chi connectivity index (χ1n) is 7.83. The minimum Gasteiger partial charge on any atom is -0.457 e. The zero-order chi connectivity index (χ0) is 18.3. The third-order valence-corrected chi connectivity index (χ3v) is 5.36. The first-order chi connectivity index (χ1) is 12.5. The number of aromatic nitrogens is 1. The zero-order valence-electron chi connectivity index (χ0n) is 13.3. The lowest BCUT2D eigenvalue weighted by Crippen LogP contribution is -2.33. The van der Waals surface area contributed by atoms with Gasteiger partial charge in [-0.1, -0.05) is 22.9 Å². The highest BCUT2D eigenvalue weighted by molar-refractivity contribution is 7.07. The summed E-state index contributed by atoms with van der Waals surface area (Å²) in [5.41, 5.74) is 0.395. The van der Waals surface area contributed by atoms with E-state index in [0.717, 1.165) is 17.8 Å². The van der Waals surface area contributed by atoms with Crippen molar-refractivity contribution in [2.24, 2.45) is 4.99 Å². The lowest BCUT2D eigenvalue weighted by atomic mass is 10.1. The van der Waals surface area contributed by atoms with Gasteiger partial charge in [0.2, 0.25) is 0 Å². The molecule has 1 aliphatic heterocycles. The maximum atomic E-state index is 12.4. The number of fused-ring (bicyclic) bond motifs is 1. The van der Waals surface area contributed by atoms with Gasteiger partial charge in [-0.05, 0) is 24.6 Å². The number of rotatable bonds is 3. The lowest BCUT2D eigenvalue weighted by molar-refractivity contribution is -0.384. The Labute approximate surface area is 155 Å². The molecule has 0 atom stereocenters. The molecule has 3 heterocycles. The van der Waals surface area contributed by atoms with Crippen molar-refractivity contribution in [3.63, 3.8) is 0 Å². The van der Waals surface area contributed by atoms with E-state index < -0.39 is 4.92 Å². The van der Waals surface area contributed by atoms with Gasteiger partial charge in [0.15, 0.2) is 4.80 Å². The van der Waals surface area contributed by atoms with Crippen molar-refractivity contribution in [2.75, 3.05) is 6.54 Å². The number of hydrogen-bond acceptors (Lipinski definition) is 6. The normalized spacial score (nSPS) is 14.1. The topological polar surface area (TPSA) is 90.6 Å². The minimum absolute atomic E-state index is 0.0697. The Balaban J connectivity index is 1.73. The SMILES string of the molecule is O=c1/c(=C/c2ccc(-c3ccc([N+](=O)[O-])cc3Cl)o2)sc2n1CCCN=2. The summed E-state index contributed by atoms with van der Waals surface area (Å²) in [6, 6.07) is 7.64. The second-order valence-corrected chi connectivity index (χ2v) is 7.12. The number of nitrogens with zero attached hydrogens (tertiary/aromatic N) is 3. The van der Waals surface area contributed by atoms with Crippen LogP contribution in [0.2, 0.25) is 5.02 Å². The fraction of sp³-hybridized carbons (Fsp3) is 0.176. The highest BCUT2D eigenvalue weighted by Gasteiger charge is 2.14. The molecule has 0 N–H and O–H groups in total. The van der Waals surface area contributed by atoms with Crippen LogP contribution in [-0.4, -0.2) is 16.0 Å². The third-order valence-electron chi connectivity index (χ3n) is 4.00. The summed E-state index contributed by atoms with van der Waals surface area (Å²) in [7, 11) is 0. The summed E-state index contributed by atoms with van der Waals surface area (Å²) < 4.78 is 7.99. The molecule has 0 bridgehead atoms. The van der Waals surface area contributed by atoms with Gasteiger partial charge in [-0.2, -0.15) is 0 Å². The van der Waals surface area contributed by atoms with Crippen LogP contribution in [0.15, 0.2) is 44.5 Å². The summed E-state index contributed by atoms with van der Waals surface area (Å²) in [6.45, 7) is 1.42. The van der Waals surface area contributed by atoms with E-state index in [4.69, 9.17) is 16.0 Å². The fourth-order valence-electron chi connectivity index (χ4n) is 2.75. The molecule has 0 unspecified atom stereocenters. The van der Waals surface area contributed by atoms with Gasteiger partial charge in [0.05, 0.1) is 14.5 Å². The Kier molecular flexibility index (Phi) is 4.21. The Bertz CT molecular complexity index is 1190. The average molecular weight is 390 g/mol. The third kappa shape index (κ3) is 2.97. The monoisotopic (exact) mass is 389 g/mol. The van der Waals surface area contributed by atoms with E-state index in [-0.39, 0.29) is 16.3 Å². The molecule has 0 fully saturated rings. The van der Waals surface area contributed by atoms with Gasteiger partial charge >= 0.3 is 0 Å². The first-order valence-corrected chi connectivity index (χ1v) is 9.02. The van der Waals surface area contributed by atoms with Gasteiger partial charge < -0.3 is 4.42 Å². The van der Waals surface area contributed by atoms with Crippen LogP contribution in [0, 0.1) is 10.1 Å². The number of furan rings is 1. The van der Waals surface area contributed by atoms with Gasteiger partial charge in [0.25, 0.3) is 11.2 Å². The standard InChI is InChI=1S/C17H12ClN3O4S/c18-13-8-10(21(23)24)2-4-12(13)14-5-3-11(25-14)9-15-16(22)20-7-1-6-19-17(20)26-15/h2-5,8-9H,1,6-7H2/b15-9-. The van der Waals surface area contributed by atoms with E-state index in [1.807, 2.05) is 0 Å². The smallest absolute Gasteiger partial charge is 0.270 e. The molecule has 132 valence electrons. The number of nitro benzene ring substituents is 1. The number of benzene rings is 1. The molecular formula is C17H12ClN3O4S. The van der Waals surface area contributed by atoms with Gasteiger partial charge in [0, 0.05) is 36.9 Å². The Morgan fingerprint density at radius 1 is 1.35 bits per heavy atom. The van der Waals surface area contributed by atoms with Crippen molar-refractivity contribution in [1.29, 1.82) is 0 Å². The molecule has 0 aliphatic carbocycles. The second kappa shape index (κ2) is 6.54. The molecule has 0 radical (unpaired) electrons. The molecular weight excluding hydrogens is 378 g/mol. The first kappa shape index (κ1) is 16.7. The summed E-state index contributed by atoms with van der Waals surface area (Å²) in [5.74, 6) is 0.980. The van der Waals surface area contributed by atoms with Crippen LogP contribution >= 0.6 is 22.9 Å². The predicted molar refractivity (Wildman–Crippen MR) is 98.2 cm³/mol. The summed E-state index contributed by atoms with van der Waals surface area (Å²) >= 11 is 7.47. The van der Waals surface area contributed by atoms with Crippen LogP contribution < -0.4 is 14.9 Å². The van der Waals surface area contributed by atoms with Gasteiger partial charge in [0.1, 0.15) is 11.5 Å². The van der Waals surface area contributed by atoms with Crippen molar-refractivity contribution in [2.45, 2.75) is 13.0 Å². The Hall–Kier alpha value is -2.71. The fourth-order valence-corrected chi connectivity index (χ4v) is 4.03. The number of nitro groups is 1. The summed E-state index contributed by atoms with van der Waals surface area (Å²) in [5, 5.41) is 11.0. The average Bonchev–Trinajstić information content (AvgIpc) is 3.21. The summed E-state index contributed by atoms with van der Waals surface area (Å²) in [4.78, 5) is 27.8. The van der Waals surface area contributed by atoms with Crippen LogP contribution in [0.5, 0.6) is 0 Å². The molecule has 3 aromatic rings. The van der Waals surface area contributed by atoms with E-state index in [1.54, 1.807) is 28.8 Å². The molecule has 2 aromatic heterocycles. The molecule has 7 nitrogen and oxygen atoms in total. The quantitative estimate of drug-likeness (QED) is 0.508. The molecule has 0 amide bonds. The summed E-state index contributed by atoms with van der Waals surface area (Å²) in [6.07, 6.45) is 2.54. The molecule has 4 rings (SSSR count). The number of hydrogen-bond donors (Lipinski definition) is 0. The molecule has 9 heteroatoms. The highest BCUT2D eigenvalue weighted by atomic mass is 35.5. The van der Waals surface area contributed by atoms with E-state index >= 15 is 0 Å². The van der Waals surface area contributed by atoms with Crippen LogP contribution in [0.25, 0.3) is 17.4 Å². The van der Waals surface area contributed by atoms with Crippen molar-refractivity contribution < 1.29 is 9.34 Å². The van der Waals surface area contributed by atoms with E-state index in [1.165, 1.54) is 23.5 Å². The molecule has 26 heavy (non-hydrogen) atoms. The molecule has 1 aromatic carbocycles. The predicted octanol–water partition coefficient (Wildman–Crippen LogP) is 2.58. The molecule has 0 saturated heterocycles. The molecule has 1 aliphatic rings. The van der Waals surface area contributed by atoms with E-state index in [2.05, 4.69) is 4.99 Å². The molecule has 0 spiro atoms. The van der Waals surface area contributed by atoms with Crippen LogP contribution in [0.3, 0.4) is 0 Å². The van der Waals surface area contributed by atoms with E-state index in [0.29, 0.717) is 28.2 Å². The van der Waals surface area contributed by atoms with Crippen LogP contribution in [0.4, 0.5) is 5.69 Å². The Morgan fingerprint density at radius 2 is 2.19 bits per heavy atom. The number of non-ortho nitro benzene ring substituents is 1. The minimum atomic E-state index is -0.506. The van der Waals surface area contributed by atoms with Crippen molar-refractivity contribution in [3.05, 3.63) is 70.9 Å². The number of halogens is 1. The number of thiazole rings is 1. The van der Waals surface area contributed by atoms with Gasteiger partial charge in [-0.15, -0.1) is 0 Å². The lowest BCUT2D eigenvalue weighted by Gasteiger charge is -2.03. The van der Waals surface area contributed by atoms with Crippen LogP contribution in [0.1, 0.15) is 12.2 Å². The second-order valence-electron chi connectivity index (χ2n) is 5.71. The van der Waals surface area contributed by atoms with Gasteiger partial charge in [-0.25, -0.2) is 0 Å². The maximum absolute atomic E-state index is 12.4. The molecule has 0 saturated carbocycles. The van der Waals surface area contributed by atoms with E-state index in [9.17, 15) is 14.9 Å². The van der Waals surface area contributed by atoms with Crippen LogP contribution in [-0.2, 0) is 6.54 Å². The maximum Gasteiger partial charge on any atom is 0.270 e. The van der Waals surface area contributed by atoms with Gasteiger partial charge in [-0.3, -0.25) is 24.5 Å². The zero-order valence-corrected chi connectivity index (χ0v) is 14.9. The van der Waals surface area contributed by atoms with Crippen molar-refractivity contribution >= 4 is 34.7 Å².